The van der Waals surface area contributed by atoms with Gasteiger partial charge in [0.25, 0.3) is 0 Å². The van der Waals surface area contributed by atoms with Crippen LogP contribution >= 0.6 is 0 Å². The van der Waals surface area contributed by atoms with Crippen LogP contribution in [0.15, 0.2) is 267 Å². The molecule has 4 nitrogen and oxygen atoms in total. The first kappa shape index (κ1) is 49.3. The molecule has 0 saturated heterocycles. The fourth-order valence-corrected chi connectivity index (χ4v) is 12.2. The van der Waals surface area contributed by atoms with E-state index in [0.29, 0.717) is 12.8 Å². The number of ether oxygens (including phenoxy) is 2. The van der Waals surface area contributed by atoms with Gasteiger partial charge in [-0.05, 0) is 147 Å². The quantitative estimate of drug-likeness (QED) is 0.101. The smallest absolute Gasteiger partial charge is 0.130 e. The third-order valence-electron chi connectivity index (χ3n) is 15.8. The number of rotatable bonds is 16. The van der Waals surface area contributed by atoms with Crippen LogP contribution in [0, 0.1) is 0 Å². The van der Waals surface area contributed by atoms with E-state index in [9.17, 15) is 10.2 Å². The maximum absolute atomic E-state index is 10.4. The van der Waals surface area contributed by atoms with Crippen molar-refractivity contribution < 1.29 is 19.7 Å². The molecule has 0 aromatic heterocycles. The van der Waals surface area contributed by atoms with E-state index in [2.05, 4.69) is 267 Å². The molecule has 0 heterocycles. The van der Waals surface area contributed by atoms with Gasteiger partial charge in [0.1, 0.15) is 24.7 Å². The topological polar surface area (TPSA) is 58.9 Å². The Bertz CT molecular complexity index is 3880. The van der Waals surface area contributed by atoms with Crippen LogP contribution in [0.5, 0.6) is 11.5 Å². The fraction of sp³-hybridized carbons (Fsp3) is 0.0933. The third kappa shape index (κ3) is 9.35. The van der Waals surface area contributed by atoms with Crippen molar-refractivity contribution in [2.24, 2.45) is 0 Å². The van der Waals surface area contributed by atoms with Crippen LogP contribution in [-0.2, 0) is 18.3 Å². The third-order valence-corrected chi connectivity index (χ3v) is 15.8. The van der Waals surface area contributed by atoms with Crippen molar-refractivity contribution in [3.63, 3.8) is 0 Å². The lowest BCUT2D eigenvalue weighted by atomic mass is 9.65. The molecule has 79 heavy (non-hydrogen) atoms. The number of aliphatic hydroxyl groups excluding tert-OH is 2. The van der Waals surface area contributed by atoms with Gasteiger partial charge in [0, 0.05) is 24.0 Å². The Balaban J connectivity index is 1.20. The van der Waals surface area contributed by atoms with Crippen LogP contribution in [0.3, 0.4) is 0 Å². The first-order valence-electron chi connectivity index (χ1n) is 27.3. The highest BCUT2D eigenvalue weighted by Crippen LogP contribution is 2.60. The summed E-state index contributed by atoms with van der Waals surface area (Å²) < 4.78 is 13.6. The summed E-state index contributed by atoms with van der Waals surface area (Å²) >= 11 is 0. The lowest BCUT2D eigenvalue weighted by molar-refractivity contribution is 0.201. The minimum absolute atomic E-state index is 0.127. The van der Waals surface area contributed by atoms with E-state index in [-0.39, 0.29) is 26.4 Å². The maximum Gasteiger partial charge on any atom is 0.130 e. The molecule has 382 valence electrons. The van der Waals surface area contributed by atoms with Crippen molar-refractivity contribution in [1.82, 2.24) is 0 Å². The van der Waals surface area contributed by atoms with Crippen LogP contribution in [0.25, 0.3) is 77.2 Å². The monoisotopic (exact) mass is 1020 g/mol. The number of aliphatic hydroxyl groups is 2. The Hall–Kier alpha value is -9.32. The highest BCUT2D eigenvalue weighted by atomic mass is 16.5. The molecule has 0 spiro atoms. The summed E-state index contributed by atoms with van der Waals surface area (Å²) in [6, 6.07) is 96.8. The zero-order valence-corrected chi connectivity index (χ0v) is 43.9. The van der Waals surface area contributed by atoms with E-state index in [0.717, 1.165) is 112 Å². The van der Waals surface area contributed by atoms with E-state index in [1.54, 1.807) is 0 Å². The molecule has 0 bridgehead atoms. The Morgan fingerprint density at radius 2 is 0.646 bits per heavy atom. The van der Waals surface area contributed by atoms with Crippen molar-refractivity contribution in [3.05, 3.63) is 311 Å². The van der Waals surface area contributed by atoms with Gasteiger partial charge in [0.2, 0.25) is 0 Å². The summed E-state index contributed by atoms with van der Waals surface area (Å²) in [5.41, 5.74) is 18.5. The van der Waals surface area contributed by atoms with Crippen LogP contribution in [-0.4, -0.2) is 36.6 Å². The van der Waals surface area contributed by atoms with E-state index in [1.807, 2.05) is 0 Å². The summed E-state index contributed by atoms with van der Waals surface area (Å²) in [5.74, 6) is 1.50. The first-order chi connectivity index (χ1) is 39.0. The standard InChI is InChI=1S/C75H58O4/c76-37-39-78-73-63(41-51-17-5-1-6-18-51)45-65(49-69(73)55-23-9-3-10-24-55)75(66-46-64(42-52-19-7-2-8-20-52)74(79-40-38-77)70(50-66)56-25-11-4-12-26-56)71-47-61(59-31-29-53-21-13-15-27-57(53)43-59)33-35-67(71)68-36-34-62(48-72(68)75)60-32-30-54-22-14-16-28-58(54)44-60/h1-36,43-50,76-77H,37-42H2. The number of fused-ring (bicyclic) bond motifs is 5. The Labute approximate surface area is 462 Å². The lowest BCUT2D eigenvalue weighted by Crippen LogP contribution is -2.30. The molecular formula is C75H58O4. The minimum Gasteiger partial charge on any atom is -0.490 e. The summed E-state index contributed by atoms with van der Waals surface area (Å²) in [6.07, 6.45) is 1.17. The largest absolute Gasteiger partial charge is 0.490 e. The van der Waals surface area contributed by atoms with Crippen molar-refractivity contribution >= 4 is 21.5 Å². The van der Waals surface area contributed by atoms with Gasteiger partial charge in [-0.2, -0.15) is 0 Å². The van der Waals surface area contributed by atoms with Gasteiger partial charge >= 0.3 is 0 Å². The van der Waals surface area contributed by atoms with Crippen molar-refractivity contribution in [2.75, 3.05) is 26.4 Å². The summed E-state index contributed by atoms with van der Waals surface area (Å²) in [4.78, 5) is 0. The van der Waals surface area contributed by atoms with Gasteiger partial charge in [-0.15, -0.1) is 0 Å². The Morgan fingerprint density at radius 1 is 0.291 bits per heavy atom. The summed E-state index contributed by atoms with van der Waals surface area (Å²) in [7, 11) is 0. The number of benzene rings is 12. The van der Waals surface area contributed by atoms with Gasteiger partial charge in [-0.1, -0.05) is 231 Å². The van der Waals surface area contributed by atoms with Crippen LogP contribution in [0.1, 0.15) is 44.5 Å². The molecule has 1 aliphatic carbocycles. The van der Waals surface area contributed by atoms with Gasteiger partial charge in [-0.3, -0.25) is 0 Å². The van der Waals surface area contributed by atoms with Crippen molar-refractivity contribution in [1.29, 1.82) is 0 Å². The average molecular weight is 1020 g/mol. The molecule has 13 rings (SSSR count). The molecule has 0 radical (unpaired) electrons. The molecule has 0 aliphatic heterocycles. The highest BCUT2D eigenvalue weighted by Gasteiger charge is 2.48. The van der Waals surface area contributed by atoms with Crippen molar-refractivity contribution in [2.45, 2.75) is 18.3 Å². The summed E-state index contributed by atoms with van der Waals surface area (Å²) in [6.45, 7) is 0.0244. The predicted octanol–water partition coefficient (Wildman–Crippen LogP) is 16.9. The highest BCUT2D eigenvalue weighted by molar-refractivity contribution is 5.95. The number of hydrogen-bond acceptors (Lipinski definition) is 4. The molecule has 1 aliphatic rings. The Morgan fingerprint density at radius 3 is 1.05 bits per heavy atom. The molecule has 0 unspecified atom stereocenters. The van der Waals surface area contributed by atoms with Gasteiger partial charge in [-0.25, -0.2) is 0 Å². The van der Waals surface area contributed by atoms with E-state index in [1.165, 1.54) is 21.5 Å². The number of hydrogen-bond donors (Lipinski definition) is 2. The molecule has 2 N–H and O–H groups in total. The van der Waals surface area contributed by atoms with Gasteiger partial charge < -0.3 is 19.7 Å². The molecule has 12 aromatic carbocycles. The predicted molar refractivity (Wildman–Crippen MR) is 324 cm³/mol. The zero-order valence-electron chi connectivity index (χ0n) is 43.9. The van der Waals surface area contributed by atoms with Crippen molar-refractivity contribution in [3.8, 4) is 67.1 Å². The second kappa shape index (κ2) is 21.6. The summed E-state index contributed by atoms with van der Waals surface area (Å²) in [5, 5.41) is 25.6. The molecule has 0 fully saturated rings. The van der Waals surface area contributed by atoms with E-state index in [4.69, 9.17) is 9.47 Å². The molecule has 12 aromatic rings. The first-order valence-corrected chi connectivity index (χ1v) is 27.3. The molecule has 0 saturated carbocycles. The molecule has 4 heteroatoms. The van der Waals surface area contributed by atoms with Crippen LogP contribution in [0.4, 0.5) is 0 Å². The fourth-order valence-electron chi connectivity index (χ4n) is 12.2. The molecule has 0 amide bonds. The SMILES string of the molecule is OCCOc1c(Cc2ccccc2)cc(C2(c3cc(Cc4ccccc4)c(OCCO)c(-c4ccccc4)c3)c3cc(-c4ccc5ccccc5c4)ccc3-c3ccc(-c4ccc5ccccc5c4)cc32)cc1-c1ccccc1. The second-order valence-electron chi connectivity index (χ2n) is 20.6. The molecule has 0 atom stereocenters. The zero-order chi connectivity index (χ0) is 53.1. The van der Waals surface area contributed by atoms with Crippen LogP contribution < -0.4 is 9.47 Å². The average Bonchev–Trinajstić information content (AvgIpc) is 3.38. The normalized spacial score (nSPS) is 12.3. The van der Waals surface area contributed by atoms with Gasteiger partial charge in [0.05, 0.1) is 18.6 Å². The van der Waals surface area contributed by atoms with Crippen LogP contribution in [0.2, 0.25) is 0 Å². The van der Waals surface area contributed by atoms with Gasteiger partial charge in [0.15, 0.2) is 0 Å². The second-order valence-corrected chi connectivity index (χ2v) is 20.6. The Kier molecular flexibility index (Phi) is 13.5. The molecular weight excluding hydrogens is 965 g/mol. The minimum atomic E-state index is -0.987. The maximum atomic E-state index is 10.4. The van der Waals surface area contributed by atoms with E-state index < -0.39 is 5.41 Å². The lowest BCUT2D eigenvalue weighted by Gasteiger charge is -2.37. The van der Waals surface area contributed by atoms with E-state index >= 15 is 0 Å².